The van der Waals surface area contributed by atoms with Crippen molar-refractivity contribution in [3.05, 3.63) is 23.5 Å². The highest BCUT2D eigenvalue weighted by Gasteiger charge is 1.94. The molecule has 0 saturated heterocycles. The molecule has 13 heavy (non-hydrogen) atoms. The van der Waals surface area contributed by atoms with E-state index in [-0.39, 0.29) is 0 Å². The molecule has 0 spiro atoms. The topological polar surface area (TPSA) is 22.1 Å². The van der Waals surface area contributed by atoms with Crippen molar-refractivity contribution in [1.29, 1.82) is 0 Å². The van der Waals surface area contributed by atoms with E-state index >= 15 is 0 Å². The Kier molecular flexibility index (Phi) is 5.01. The van der Waals surface area contributed by atoms with Gasteiger partial charge < -0.3 is 4.74 Å². The Morgan fingerprint density at radius 3 is 2.92 bits per heavy atom. The first-order valence-corrected chi connectivity index (χ1v) is 5.18. The lowest BCUT2D eigenvalue weighted by Crippen LogP contribution is -1.97. The zero-order chi connectivity index (χ0) is 9.52. The van der Waals surface area contributed by atoms with Crippen molar-refractivity contribution in [2.45, 2.75) is 12.8 Å². The van der Waals surface area contributed by atoms with E-state index in [2.05, 4.69) is 17.6 Å². The summed E-state index contributed by atoms with van der Waals surface area (Å²) >= 11 is 9.84. The number of ether oxygens (including phenoxy) is 1. The molecule has 0 saturated carbocycles. The average Bonchev–Trinajstić information content (AvgIpc) is 2.13. The van der Waals surface area contributed by atoms with E-state index < -0.39 is 0 Å². The van der Waals surface area contributed by atoms with Gasteiger partial charge in [-0.05, 0) is 18.6 Å². The van der Waals surface area contributed by atoms with Gasteiger partial charge in [-0.3, -0.25) is 4.98 Å². The Bertz CT molecular complexity index is 257. The number of hydrogen-bond acceptors (Lipinski definition) is 3. The monoisotopic (exact) mass is 217 g/mol. The number of aromatic nitrogens is 1. The number of nitrogens with zero attached hydrogens (tertiary/aromatic N) is 1. The molecule has 72 valence electrons. The Labute approximate surface area is 88.7 Å². The highest BCUT2D eigenvalue weighted by Crippen LogP contribution is 2.15. The molecule has 0 aliphatic carbocycles. The van der Waals surface area contributed by atoms with Crippen molar-refractivity contribution in [3.63, 3.8) is 0 Å². The van der Waals surface area contributed by atoms with Gasteiger partial charge in [0.25, 0.3) is 0 Å². The quantitative estimate of drug-likeness (QED) is 0.605. The van der Waals surface area contributed by atoms with Crippen molar-refractivity contribution in [3.8, 4) is 5.75 Å². The van der Waals surface area contributed by atoms with E-state index in [0.717, 1.165) is 24.3 Å². The van der Waals surface area contributed by atoms with E-state index in [9.17, 15) is 0 Å². The molecule has 0 bridgehead atoms. The minimum Gasteiger partial charge on any atom is -0.492 e. The molecule has 0 aromatic carbocycles. The molecule has 0 radical (unpaired) electrons. The van der Waals surface area contributed by atoms with Crippen LogP contribution in [-0.2, 0) is 0 Å². The van der Waals surface area contributed by atoms with E-state index in [4.69, 9.17) is 16.3 Å². The minimum absolute atomic E-state index is 0.603. The number of hydrogen-bond donors (Lipinski definition) is 1. The van der Waals surface area contributed by atoms with E-state index in [1.165, 1.54) is 0 Å². The lowest BCUT2D eigenvalue weighted by atomic mass is 10.3. The van der Waals surface area contributed by atoms with Crippen LogP contribution in [0.1, 0.15) is 12.8 Å². The van der Waals surface area contributed by atoms with Gasteiger partial charge in [-0.25, -0.2) is 0 Å². The molecule has 0 atom stereocenters. The largest absolute Gasteiger partial charge is 0.492 e. The second-order valence-corrected chi connectivity index (χ2v) is 3.50. The van der Waals surface area contributed by atoms with Gasteiger partial charge in [0.15, 0.2) is 0 Å². The van der Waals surface area contributed by atoms with Gasteiger partial charge in [-0.2, -0.15) is 12.6 Å². The first-order chi connectivity index (χ1) is 6.33. The number of pyridine rings is 1. The van der Waals surface area contributed by atoms with Gasteiger partial charge in [0.2, 0.25) is 0 Å². The summed E-state index contributed by atoms with van der Waals surface area (Å²) < 4.78 is 5.41. The van der Waals surface area contributed by atoms with Gasteiger partial charge in [-0.15, -0.1) is 0 Å². The number of halogens is 1. The van der Waals surface area contributed by atoms with Crippen LogP contribution in [0.15, 0.2) is 18.5 Å². The summed E-state index contributed by atoms with van der Waals surface area (Å²) in [6.07, 6.45) is 5.32. The van der Waals surface area contributed by atoms with Gasteiger partial charge in [0, 0.05) is 12.3 Å². The standard InChI is InChI=1S/C9H12ClNOS/c10-8-5-9(7-11-6-8)12-3-1-2-4-13/h5-7,13H,1-4H2. The van der Waals surface area contributed by atoms with Crippen LogP contribution in [0.5, 0.6) is 5.75 Å². The Hall–Kier alpha value is -0.410. The molecule has 0 fully saturated rings. The highest BCUT2D eigenvalue weighted by molar-refractivity contribution is 7.80. The molecular weight excluding hydrogens is 206 g/mol. The number of thiol groups is 1. The zero-order valence-corrected chi connectivity index (χ0v) is 8.89. The SMILES string of the molecule is SCCCCOc1cncc(Cl)c1. The molecule has 0 N–H and O–H groups in total. The third-order valence-electron chi connectivity index (χ3n) is 1.50. The fraction of sp³-hybridized carbons (Fsp3) is 0.444. The maximum Gasteiger partial charge on any atom is 0.139 e. The first-order valence-electron chi connectivity index (χ1n) is 4.17. The highest BCUT2D eigenvalue weighted by atomic mass is 35.5. The predicted molar refractivity (Wildman–Crippen MR) is 57.8 cm³/mol. The summed E-state index contributed by atoms with van der Waals surface area (Å²) in [6, 6.07) is 1.76. The third kappa shape index (κ3) is 4.39. The van der Waals surface area contributed by atoms with Crippen LogP contribution in [0.25, 0.3) is 0 Å². The summed E-state index contributed by atoms with van der Waals surface area (Å²) in [6.45, 7) is 0.697. The molecule has 1 heterocycles. The molecule has 1 aromatic rings. The Morgan fingerprint density at radius 2 is 2.23 bits per heavy atom. The summed E-state index contributed by atoms with van der Waals surface area (Å²) in [5, 5.41) is 0.603. The van der Waals surface area contributed by atoms with Gasteiger partial charge in [-0.1, -0.05) is 11.6 Å². The van der Waals surface area contributed by atoms with Crippen molar-refractivity contribution in [1.82, 2.24) is 4.98 Å². The first kappa shape index (κ1) is 10.7. The van der Waals surface area contributed by atoms with E-state index in [1.54, 1.807) is 18.5 Å². The molecule has 4 heteroatoms. The average molecular weight is 218 g/mol. The van der Waals surface area contributed by atoms with Gasteiger partial charge >= 0.3 is 0 Å². The van der Waals surface area contributed by atoms with Crippen LogP contribution in [0.2, 0.25) is 5.02 Å². The molecule has 0 aliphatic rings. The van der Waals surface area contributed by atoms with Crippen LogP contribution >= 0.6 is 24.2 Å². The number of rotatable bonds is 5. The van der Waals surface area contributed by atoms with Crippen LogP contribution in [0.3, 0.4) is 0 Å². The molecular formula is C9H12ClNOS. The Morgan fingerprint density at radius 1 is 1.38 bits per heavy atom. The van der Waals surface area contributed by atoms with Crippen LogP contribution < -0.4 is 4.74 Å². The van der Waals surface area contributed by atoms with Crippen molar-refractivity contribution in [2.75, 3.05) is 12.4 Å². The van der Waals surface area contributed by atoms with Crippen LogP contribution in [0.4, 0.5) is 0 Å². The zero-order valence-electron chi connectivity index (χ0n) is 7.24. The van der Waals surface area contributed by atoms with Gasteiger partial charge in [0.1, 0.15) is 5.75 Å². The van der Waals surface area contributed by atoms with Crippen LogP contribution in [0, 0.1) is 0 Å². The maximum atomic E-state index is 5.73. The van der Waals surface area contributed by atoms with Gasteiger partial charge in [0.05, 0.1) is 17.8 Å². The maximum absolute atomic E-state index is 5.73. The second kappa shape index (κ2) is 6.11. The summed E-state index contributed by atoms with van der Waals surface area (Å²) in [7, 11) is 0. The van der Waals surface area contributed by atoms with Crippen molar-refractivity contribution >= 4 is 24.2 Å². The van der Waals surface area contributed by atoms with Crippen LogP contribution in [-0.4, -0.2) is 17.3 Å². The Balaban J connectivity index is 2.28. The normalized spacial score (nSPS) is 10.0. The minimum atomic E-state index is 0.603. The van der Waals surface area contributed by atoms with E-state index in [1.807, 2.05) is 0 Å². The third-order valence-corrected chi connectivity index (χ3v) is 2.02. The lowest BCUT2D eigenvalue weighted by Gasteiger charge is -2.04. The van der Waals surface area contributed by atoms with E-state index in [0.29, 0.717) is 11.6 Å². The second-order valence-electron chi connectivity index (χ2n) is 2.62. The smallest absolute Gasteiger partial charge is 0.139 e. The summed E-state index contributed by atoms with van der Waals surface area (Å²) in [4.78, 5) is 3.91. The fourth-order valence-electron chi connectivity index (χ4n) is 0.875. The lowest BCUT2D eigenvalue weighted by molar-refractivity contribution is 0.309. The summed E-state index contributed by atoms with van der Waals surface area (Å²) in [5.74, 6) is 1.63. The summed E-state index contributed by atoms with van der Waals surface area (Å²) in [5.41, 5.74) is 0. The molecule has 1 rings (SSSR count). The number of unbranched alkanes of at least 4 members (excludes halogenated alkanes) is 1. The molecule has 0 unspecified atom stereocenters. The fourth-order valence-corrected chi connectivity index (χ4v) is 1.26. The molecule has 0 aliphatic heterocycles. The molecule has 1 aromatic heterocycles. The molecule has 0 amide bonds. The predicted octanol–water partition coefficient (Wildman–Crippen LogP) is 2.82. The van der Waals surface area contributed by atoms with Crippen molar-refractivity contribution in [2.24, 2.45) is 0 Å². The van der Waals surface area contributed by atoms with Crippen molar-refractivity contribution < 1.29 is 4.74 Å². The molecule has 2 nitrogen and oxygen atoms in total.